The van der Waals surface area contributed by atoms with Crippen LogP contribution in [0, 0.1) is 39.3 Å². The zero-order chi connectivity index (χ0) is 49.6. The molecule has 70 heavy (non-hydrogen) atoms. The maximum absolute atomic E-state index is 14.2. The molecule has 368 valence electrons. The van der Waals surface area contributed by atoms with Crippen LogP contribution in [0.25, 0.3) is 44.3 Å². The first-order chi connectivity index (χ1) is 33.2. The number of imidazole rings is 2. The molecule has 8 heterocycles. The molecule has 1 N–H and O–H groups in total. The lowest BCUT2D eigenvalue weighted by Gasteiger charge is -2.27. The van der Waals surface area contributed by atoms with Crippen LogP contribution in [0.5, 0.6) is 0 Å². The van der Waals surface area contributed by atoms with Crippen LogP contribution in [0.3, 0.4) is 0 Å². The summed E-state index contributed by atoms with van der Waals surface area (Å²) in [4.78, 5) is 36.3. The summed E-state index contributed by atoms with van der Waals surface area (Å²) in [5.74, 6) is 0.565. The van der Waals surface area contributed by atoms with Crippen molar-refractivity contribution in [2.75, 3.05) is 43.6 Å². The van der Waals surface area contributed by atoms with E-state index >= 15 is 0 Å². The van der Waals surface area contributed by atoms with Crippen molar-refractivity contribution in [3.8, 4) is 22.3 Å². The number of rotatable bonds is 9. The van der Waals surface area contributed by atoms with Gasteiger partial charge in [0.2, 0.25) is 31.9 Å². The van der Waals surface area contributed by atoms with Crippen LogP contribution in [0.1, 0.15) is 97.2 Å². The second kappa shape index (κ2) is 17.8. The van der Waals surface area contributed by atoms with Gasteiger partial charge in [0.15, 0.2) is 11.6 Å². The molecule has 0 spiro atoms. The van der Waals surface area contributed by atoms with Gasteiger partial charge in [-0.15, -0.1) is 0 Å². The smallest absolute Gasteiger partial charge is 0.227 e. The molecule has 0 unspecified atom stereocenters. The van der Waals surface area contributed by atoms with E-state index in [0.29, 0.717) is 68.8 Å². The minimum Gasteiger partial charge on any atom is -0.361 e. The largest absolute Gasteiger partial charge is 0.361 e. The Hall–Kier alpha value is -6.36. The molecule has 4 saturated heterocycles. The van der Waals surface area contributed by atoms with Gasteiger partial charge in [0.1, 0.15) is 23.2 Å². The molecule has 18 nitrogen and oxygen atoms in total. The van der Waals surface area contributed by atoms with Gasteiger partial charge >= 0.3 is 0 Å². The predicted octanol–water partition coefficient (Wildman–Crippen LogP) is 7.13. The average molecular weight is 999 g/mol. The molecule has 4 atom stereocenters. The second-order valence-electron chi connectivity index (χ2n) is 18.7. The third kappa shape index (κ3) is 8.57. The molecule has 0 saturated carbocycles. The maximum Gasteiger partial charge on any atom is 0.227 e. The maximum atomic E-state index is 14.2. The van der Waals surface area contributed by atoms with Crippen molar-refractivity contribution in [2.45, 2.75) is 90.4 Å². The number of amides is 2. The van der Waals surface area contributed by atoms with Gasteiger partial charge < -0.3 is 28.4 Å². The number of aryl methyl sites for hydroxylation is 4. The van der Waals surface area contributed by atoms with Gasteiger partial charge in [0, 0.05) is 61.9 Å². The summed E-state index contributed by atoms with van der Waals surface area (Å²) in [7, 11) is -6.64. The minimum atomic E-state index is -3.39. The van der Waals surface area contributed by atoms with Crippen LogP contribution < -0.4 is 10.2 Å². The first kappa shape index (κ1) is 47.3. The highest BCUT2D eigenvalue weighted by molar-refractivity contribution is 7.88. The fourth-order valence-electron chi connectivity index (χ4n) is 10.7. The van der Waals surface area contributed by atoms with Gasteiger partial charge in [0.25, 0.3) is 0 Å². The molecule has 4 aliphatic heterocycles. The first-order valence-corrected chi connectivity index (χ1v) is 26.8. The Morgan fingerprint density at radius 1 is 0.643 bits per heavy atom. The Bertz CT molecular complexity index is 3440. The van der Waals surface area contributed by atoms with Gasteiger partial charge in [-0.1, -0.05) is 22.4 Å². The summed E-state index contributed by atoms with van der Waals surface area (Å²) in [5, 5.41) is 11.1. The summed E-state index contributed by atoms with van der Waals surface area (Å²) >= 11 is 0. The fraction of sp³-hybridized carbons (Fsp3) is 0.417. The highest BCUT2D eigenvalue weighted by Gasteiger charge is 2.41. The zero-order valence-electron chi connectivity index (χ0n) is 39.4. The van der Waals surface area contributed by atoms with E-state index in [0.717, 1.165) is 73.9 Å². The van der Waals surface area contributed by atoms with Crippen molar-refractivity contribution in [1.29, 1.82) is 0 Å². The van der Waals surface area contributed by atoms with E-state index in [1.165, 1.54) is 32.1 Å². The summed E-state index contributed by atoms with van der Waals surface area (Å²) in [6.45, 7) is 9.03. The van der Waals surface area contributed by atoms with Gasteiger partial charge in [0.05, 0.1) is 70.1 Å². The predicted molar refractivity (Wildman–Crippen MR) is 255 cm³/mol. The Morgan fingerprint density at radius 2 is 1.17 bits per heavy atom. The number of halogens is 2. The van der Waals surface area contributed by atoms with Gasteiger partial charge in [-0.05, 0) is 101 Å². The topological polar surface area (TPSA) is 212 Å². The SMILES string of the molecule is Cc1noc(C)c1-c1ccc2c(c1)nc([C@H]1CCC(=O)N1)n2[C@@H]1CCN(S(C)(=O)=O)C1.Cc1noc(C)c1-c1ccc2c(c1)nc([C@H]1CCC(=O)N1c1ccc(F)c(F)c1)n2[C@@H]1CCN(S(C)(=O)=O)C1. The number of nitrogens with one attached hydrogen (secondary N) is 1. The number of nitrogens with zero attached hydrogens (tertiary/aromatic N) is 9. The van der Waals surface area contributed by atoms with Crippen molar-refractivity contribution >= 4 is 59.6 Å². The van der Waals surface area contributed by atoms with E-state index in [4.69, 9.17) is 19.0 Å². The molecule has 4 aromatic heterocycles. The molecule has 0 radical (unpaired) electrons. The van der Waals surface area contributed by atoms with Crippen molar-refractivity contribution < 1.29 is 44.3 Å². The monoisotopic (exact) mass is 998 g/mol. The number of aromatic nitrogens is 6. The Labute approximate surface area is 402 Å². The summed E-state index contributed by atoms with van der Waals surface area (Å²) < 4.78 is 94.4. The number of benzene rings is 3. The summed E-state index contributed by atoms with van der Waals surface area (Å²) in [5.41, 5.74) is 8.71. The van der Waals surface area contributed by atoms with Crippen LogP contribution in [-0.4, -0.2) is 105 Å². The van der Waals surface area contributed by atoms with E-state index in [1.807, 2.05) is 68.7 Å². The molecule has 2 amide bonds. The molecule has 0 bridgehead atoms. The fourth-order valence-corrected chi connectivity index (χ4v) is 12.5. The third-order valence-corrected chi connectivity index (χ3v) is 16.5. The summed E-state index contributed by atoms with van der Waals surface area (Å²) in [6.07, 6.45) is 5.52. The van der Waals surface area contributed by atoms with Crippen LogP contribution in [0.15, 0.2) is 63.6 Å². The van der Waals surface area contributed by atoms with Crippen LogP contribution in [0.4, 0.5) is 14.5 Å². The number of anilines is 1. The molecule has 7 aromatic rings. The van der Waals surface area contributed by atoms with Crippen LogP contribution in [-0.2, 0) is 29.6 Å². The van der Waals surface area contributed by atoms with Gasteiger partial charge in [-0.25, -0.2) is 44.2 Å². The summed E-state index contributed by atoms with van der Waals surface area (Å²) in [6, 6.07) is 14.3. The molecular formula is C48H52F2N10O8S2. The quantitative estimate of drug-likeness (QED) is 0.153. The average Bonchev–Trinajstić information content (AvgIpc) is 4.17. The second-order valence-corrected chi connectivity index (χ2v) is 22.7. The third-order valence-electron chi connectivity index (χ3n) is 14.0. The molecule has 22 heteroatoms. The highest BCUT2D eigenvalue weighted by Crippen LogP contribution is 2.42. The number of hydrogen-bond donors (Lipinski definition) is 1. The number of carbonyl (C=O) groups excluding carboxylic acids is 2. The minimum absolute atomic E-state index is 0.0178. The number of hydrogen-bond acceptors (Lipinski definition) is 12. The molecule has 0 aliphatic carbocycles. The molecule has 11 rings (SSSR count). The molecule has 4 aliphatic rings. The van der Waals surface area contributed by atoms with Crippen molar-refractivity contribution in [2.24, 2.45) is 0 Å². The van der Waals surface area contributed by atoms with Crippen molar-refractivity contribution in [3.05, 3.63) is 101 Å². The van der Waals surface area contributed by atoms with E-state index in [2.05, 4.69) is 20.2 Å². The molecule has 3 aromatic carbocycles. The van der Waals surface area contributed by atoms with Gasteiger partial charge in [-0.3, -0.25) is 9.59 Å². The normalized spacial score (nSPS) is 21.4. The van der Waals surface area contributed by atoms with Crippen LogP contribution in [0.2, 0.25) is 0 Å². The van der Waals surface area contributed by atoms with E-state index < -0.39 is 37.7 Å². The highest BCUT2D eigenvalue weighted by atomic mass is 32.2. The number of fused-ring (bicyclic) bond motifs is 2. The lowest BCUT2D eigenvalue weighted by molar-refractivity contribution is -0.119. The lowest BCUT2D eigenvalue weighted by atomic mass is 10.0. The first-order valence-electron chi connectivity index (χ1n) is 23.1. The number of carbonyl (C=O) groups is 2. The standard InChI is InChI=1S/C27H27F2N5O4S.C21H25N5O4S/c1-15-26(16(2)38-31-15)17-4-7-23-22(12-17)30-27(34(23)19-10-11-32(14-19)39(3,36)37)24-8-9-25(35)33(24)18-5-6-20(28)21(29)13-18;1-12-20(13(2)30-24-12)14-4-6-18-17(10-14)23-21(16-5-7-19(27)22-16)26(18)15-8-9-25(11-15)31(3,28)29/h4-7,12-13,19,24H,8-11,14H2,1-3H3;4,6,10,15-16H,5,7-9,11H2,1-3H3,(H,22,27)/t19-,24-;15-,16-/m11/s1. The van der Waals surface area contributed by atoms with E-state index in [-0.39, 0.29) is 48.6 Å². The van der Waals surface area contributed by atoms with Crippen molar-refractivity contribution in [3.63, 3.8) is 0 Å². The van der Waals surface area contributed by atoms with E-state index in [9.17, 15) is 35.2 Å². The number of sulfonamides is 2. The zero-order valence-corrected chi connectivity index (χ0v) is 41.1. The van der Waals surface area contributed by atoms with Gasteiger partial charge in [-0.2, -0.15) is 0 Å². The van der Waals surface area contributed by atoms with E-state index in [1.54, 1.807) is 0 Å². The Kier molecular flexibility index (Phi) is 12.0. The Morgan fingerprint density at radius 3 is 1.63 bits per heavy atom. The molecule has 4 fully saturated rings. The van der Waals surface area contributed by atoms with Crippen LogP contribution >= 0.6 is 0 Å². The van der Waals surface area contributed by atoms with Crippen molar-refractivity contribution in [1.82, 2.24) is 43.3 Å². The lowest BCUT2D eigenvalue weighted by Crippen LogP contribution is -2.31. The Balaban J connectivity index is 0.000000166. The molecular weight excluding hydrogens is 947 g/mol.